The largest absolute Gasteiger partial charge is 0.138 e. The molecule has 6 heavy (non-hydrogen) atoms. The van der Waals surface area contributed by atoms with Crippen molar-refractivity contribution in [2.24, 2.45) is 0 Å². The Kier molecular flexibility index (Phi) is 1.72. The fraction of sp³-hybridized carbons (Fsp3) is 0.200. The maximum Gasteiger partial charge on any atom is 0.138 e. The number of rotatable bonds is 1. The molecule has 0 saturated heterocycles. The average molecular weight is 79.9 g/mol. The topological polar surface area (TPSA) is 0 Å². The number of hydrogen-bond acceptors (Lipinski definition) is 0. The summed E-state index contributed by atoms with van der Waals surface area (Å²) in [5.41, 5.74) is 2.13. The van der Waals surface area contributed by atoms with Gasteiger partial charge < -0.3 is 0 Å². The van der Waals surface area contributed by atoms with Crippen molar-refractivity contribution in [2.75, 3.05) is 0 Å². The maximum absolute atomic E-state index is 3.66. The van der Waals surface area contributed by atoms with E-state index in [1.54, 1.807) is 0 Å². The lowest BCUT2D eigenvalue weighted by atomic mass is 9.92. The van der Waals surface area contributed by atoms with Gasteiger partial charge in [0.2, 0.25) is 0 Å². The van der Waals surface area contributed by atoms with E-state index in [0.29, 0.717) is 0 Å². The molecule has 0 amide bonds. The van der Waals surface area contributed by atoms with Crippen LogP contribution in [0.15, 0.2) is 24.2 Å². The molecule has 0 spiro atoms. The van der Waals surface area contributed by atoms with Crippen molar-refractivity contribution in [1.29, 1.82) is 0 Å². The molecular formula is C5H9B. The van der Waals surface area contributed by atoms with Crippen molar-refractivity contribution in [3.63, 3.8) is 0 Å². The first-order chi connectivity index (χ1) is 2.64. The van der Waals surface area contributed by atoms with Gasteiger partial charge >= 0.3 is 0 Å². The molecule has 0 aliphatic carbocycles. The molecule has 0 aromatic heterocycles. The summed E-state index contributed by atoms with van der Waals surface area (Å²) < 4.78 is 0. The Bertz CT molecular complexity index is 69.9. The summed E-state index contributed by atoms with van der Waals surface area (Å²) in [6.45, 7) is 9.26. The van der Waals surface area contributed by atoms with Crippen molar-refractivity contribution in [3.05, 3.63) is 24.2 Å². The fourth-order valence-electron chi connectivity index (χ4n) is 0. The van der Waals surface area contributed by atoms with Crippen molar-refractivity contribution < 1.29 is 0 Å². The summed E-state index contributed by atoms with van der Waals surface area (Å²) in [4.78, 5) is 0. The fourth-order valence-corrected chi connectivity index (χ4v) is 0. The van der Waals surface area contributed by atoms with E-state index in [9.17, 15) is 0 Å². The minimum atomic E-state index is 1.06. The van der Waals surface area contributed by atoms with E-state index in [1.807, 2.05) is 14.8 Å². The highest BCUT2D eigenvalue weighted by Crippen LogP contribution is 1.94. The van der Waals surface area contributed by atoms with Crippen LogP contribution in [-0.4, -0.2) is 7.85 Å². The monoisotopic (exact) mass is 80.1 g/mol. The van der Waals surface area contributed by atoms with E-state index in [2.05, 4.69) is 13.2 Å². The molecular weight excluding hydrogens is 70.9 g/mol. The summed E-state index contributed by atoms with van der Waals surface area (Å²) in [5, 5.41) is 0. The van der Waals surface area contributed by atoms with Crippen LogP contribution in [0.5, 0.6) is 0 Å². The molecule has 32 valence electrons. The third kappa shape index (κ3) is 1.83. The van der Waals surface area contributed by atoms with Crippen LogP contribution in [0, 0.1) is 0 Å². The minimum absolute atomic E-state index is 1.06. The second-order valence-electron chi connectivity index (χ2n) is 1.56. The highest BCUT2D eigenvalue weighted by Gasteiger charge is 1.77. The zero-order chi connectivity index (χ0) is 5.15. The second kappa shape index (κ2) is 1.86. The van der Waals surface area contributed by atoms with Gasteiger partial charge in [-0.15, -0.1) is 6.58 Å². The molecule has 0 aliphatic heterocycles. The van der Waals surface area contributed by atoms with Crippen molar-refractivity contribution in [2.45, 2.75) is 6.92 Å². The van der Waals surface area contributed by atoms with Crippen molar-refractivity contribution >= 4 is 7.85 Å². The lowest BCUT2D eigenvalue weighted by molar-refractivity contribution is 1.54. The van der Waals surface area contributed by atoms with Gasteiger partial charge in [-0.1, -0.05) is 17.6 Å². The second-order valence-corrected chi connectivity index (χ2v) is 1.56. The summed E-state index contributed by atoms with van der Waals surface area (Å²) in [6.07, 6.45) is 0. The van der Waals surface area contributed by atoms with Crippen LogP contribution in [-0.2, 0) is 0 Å². The molecule has 0 bridgehead atoms. The Balaban J connectivity index is 3.57. The van der Waals surface area contributed by atoms with E-state index >= 15 is 0 Å². The third-order valence-corrected chi connectivity index (χ3v) is 0.729. The molecule has 0 aromatic rings. The zero-order valence-corrected chi connectivity index (χ0v) is 4.41. The molecule has 0 atom stereocenters. The molecule has 0 unspecified atom stereocenters. The zero-order valence-electron chi connectivity index (χ0n) is 4.41. The van der Waals surface area contributed by atoms with Crippen molar-refractivity contribution in [1.82, 2.24) is 0 Å². The van der Waals surface area contributed by atoms with E-state index in [0.717, 1.165) is 11.0 Å². The van der Waals surface area contributed by atoms with Gasteiger partial charge in [-0.2, -0.15) is 0 Å². The molecule has 0 fully saturated rings. The lowest BCUT2D eigenvalue weighted by Crippen LogP contribution is -1.74. The molecule has 0 N–H and O–H groups in total. The molecule has 1 heteroatoms. The summed E-state index contributed by atoms with van der Waals surface area (Å²) >= 11 is 0. The van der Waals surface area contributed by atoms with Crippen LogP contribution in [0.3, 0.4) is 0 Å². The molecule has 0 heterocycles. The normalized spacial score (nSPS) is 7.50. The number of allylic oxidation sites excluding steroid dienone is 2. The molecule has 0 saturated carbocycles. The van der Waals surface area contributed by atoms with E-state index in [4.69, 9.17) is 0 Å². The van der Waals surface area contributed by atoms with E-state index < -0.39 is 0 Å². The standard InChI is InChI=1S/C5H9B/c1-4(2)5(3)6/h1,3,6H2,2H3. The van der Waals surface area contributed by atoms with Gasteiger partial charge in [0.25, 0.3) is 0 Å². The Labute approximate surface area is 40.0 Å². The van der Waals surface area contributed by atoms with Gasteiger partial charge in [0.05, 0.1) is 0 Å². The highest BCUT2D eigenvalue weighted by atomic mass is 13.8. The Morgan fingerprint density at radius 2 is 1.67 bits per heavy atom. The molecule has 0 rings (SSSR count). The summed E-state index contributed by atoms with van der Waals surface area (Å²) in [6, 6.07) is 0. The minimum Gasteiger partial charge on any atom is -0.105 e. The molecule has 0 aromatic carbocycles. The highest BCUT2D eigenvalue weighted by molar-refractivity contribution is 6.23. The van der Waals surface area contributed by atoms with Gasteiger partial charge in [-0.05, 0) is 6.92 Å². The quantitative estimate of drug-likeness (QED) is 0.321. The van der Waals surface area contributed by atoms with Crippen LogP contribution in [0.25, 0.3) is 0 Å². The Hall–Kier alpha value is -0.455. The predicted molar refractivity (Wildman–Crippen MR) is 32.5 cm³/mol. The Morgan fingerprint density at radius 3 is 1.67 bits per heavy atom. The first kappa shape index (κ1) is 5.54. The van der Waals surface area contributed by atoms with Crippen LogP contribution in [0.4, 0.5) is 0 Å². The molecule has 0 radical (unpaired) electrons. The first-order valence-corrected chi connectivity index (χ1v) is 1.96. The smallest absolute Gasteiger partial charge is 0.105 e. The van der Waals surface area contributed by atoms with Crippen LogP contribution in [0.1, 0.15) is 6.92 Å². The summed E-state index contributed by atoms with van der Waals surface area (Å²) in [7, 11) is 1.95. The average Bonchev–Trinajstić information content (AvgIpc) is 1.36. The van der Waals surface area contributed by atoms with Crippen LogP contribution in [0.2, 0.25) is 0 Å². The first-order valence-electron chi connectivity index (χ1n) is 1.96. The van der Waals surface area contributed by atoms with Crippen LogP contribution >= 0.6 is 0 Å². The van der Waals surface area contributed by atoms with Gasteiger partial charge in [0.15, 0.2) is 0 Å². The van der Waals surface area contributed by atoms with Crippen molar-refractivity contribution in [3.8, 4) is 0 Å². The SMILES string of the molecule is BC(=C)C(=C)C. The van der Waals surface area contributed by atoms with Gasteiger partial charge in [0, 0.05) is 0 Å². The van der Waals surface area contributed by atoms with Gasteiger partial charge in [0.1, 0.15) is 7.85 Å². The number of hydrogen-bond donors (Lipinski definition) is 0. The molecule has 0 nitrogen and oxygen atoms in total. The van der Waals surface area contributed by atoms with Gasteiger partial charge in [-0.25, -0.2) is 0 Å². The van der Waals surface area contributed by atoms with E-state index in [1.165, 1.54) is 0 Å². The van der Waals surface area contributed by atoms with E-state index in [-0.39, 0.29) is 0 Å². The van der Waals surface area contributed by atoms with Gasteiger partial charge in [-0.3, -0.25) is 0 Å². The predicted octanol–water partition coefficient (Wildman–Crippen LogP) is 0.709. The maximum atomic E-state index is 3.66. The Morgan fingerprint density at radius 1 is 1.50 bits per heavy atom. The van der Waals surface area contributed by atoms with Crippen LogP contribution < -0.4 is 0 Å². The summed E-state index contributed by atoms with van der Waals surface area (Å²) in [5.74, 6) is 0. The third-order valence-electron chi connectivity index (χ3n) is 0.729. The lowest BCUT2D eigenvalue weighted by Gasteiger charge is -1.88. The molecule has 0 aliphatic rings.